The van der Waals surface area contributed by atoms with E-state index < -0.39 is 23.6 Å². The zero-order chi connectivity index (χ0) is 14.8. The predicted octanol–water partition coefficient (Wildman–Crippen LogP) is 2.79. The summed E-state index contributed by atoms with van der Waals surface area (Å²) in [6.45, 7) is 0.667. The number of hydrogen-bond acceptors (Lipinski definition) is 2. The molecule has 0 radical (unpaired) electrons. The van der Waals surface area contributed by atoms with Crippen LogP contribution in [0, 0.1) is 11.6 Å². The number of halogens is 2. The van der Waals surface area contributed by atoms with Crippen molar-refractivity contribution in [2.45, 2.75) is 12.5 Å². The van der Waals surface area contributed by atoms with Crippen molar-refractivity contribution in [1.82, 2.24) is 5.32 Å². The summed E-state index contributed by atoms with van der Waals surface area (Å²) >= 11 is 0. The molecule has 0 fully saturated rings. The fraction of sp³-hybridized carbons (Fsp3) is 0.188. The van der Waals surface area contributed by atoms with E-state index in [0.717, 1.165) is 23.6 Å². The Morgan fingerprint density at radius 1 is 1.14 bits per heavy atom. The standard InChI is InChI=1S/C16H14F2N2O/c17-12-6-3-7-13(14(12)18)20-16(21)15-11-5-2-1-4-10(11)8-9-19-15/h1-7,15,19H,8-9H2,(H,20,21). The van der Waals surface area contributed by atoms with Crippen LogP contribution < -0.4 is 10.6 Å². The van der Waals surface area contributed by atoms with Crippen LogP contribution in [0.4, 0.5) is 14.5 Å². The van der Waals surface area contributed by atoms with E-state index >= 15 is 0 Å². The topological polar surface area (TPSA) is 41.1 Å². The summed E-state index contributed by atoms with van der Waals surface area (Å²) in [5.74, 6) is -2.42. The van der Waals surface area contributed by atoms with Crippen molar-refractivity contribution in [2.75, 3.05) is 11.9 Å². The first kappa shape index (κ1) is 13.7. The average Bonchev–Trinajstić information content (AvgIpc) is 2.51. The van der Waals surface area contributed by atoms with Crippen molar-refractivity contribution in [3.63, 3.8) is 0 Å². The van der Waals surface area contributed by atoms with Gasteiger partial charge in [0.05, 0.1) is 5.69 Å². The number of fused-ring (bicyclic) bond motifs is 1. The van der Waals surface area contributed by atoms with E-state index in [1.807, 2.05) is 24.3 Å². The number of anilines is 1. The summed E-state index contributed by atoms with van der Waals surface area (Å²) in [6.07, 6.45) is 0.842. The maximum atomic E-state index is 13.6. The molecule has 1 amide bonds. The van der Waals surface area contributed by atoms with Crippen LogP contribution in [-0.4, -0.2) is 12.5 Å². The van der Waals surface area contributed by atoms with Crippen LogP contribution >= 0.6 is 0 Å². The Kier molecular flexibility index (Phi) is 3.66. The molecule has 2 N–H and O–H groups in total. The highest BCUT2D eigenvalue weighted by Crippen LogP contribution is 2.25. The number of amides is 1. The van der Waals surface area contributed by atoms with Gasteiger partial charge in [-0.1, -0.05) is 30.3 Å². The van der Waals surface area contributed by atoms with Crippen LogP contribution in [0.3, 0.4) is 0 Å². The van der Waals surface area contributed by atoms with Crippen LogP contribution in [0.15, 0.2) is 42.5 Å². The molecular formula is C16H14F2N2O. The summed E-state index contributed by atoms with van der Waals surface area (Å²) in [5, 5.41) is 5.55. The van der Waals surface area contributed by atoms with Gasteiger partial charge in [-0.3, -0.25) is 4.79 Å². The molecule has 0 spiro atoms. The number of carbonyl (C=O) groups is 1. The Morgan fingerprint density at radius 3 is 2.81 bits per heavy atom. The highest BCUT2D eigenvalue weighted by atomic mass is 19.2. The van der Waals surface area contributed by atoms with Gasteiger partial charge in [0.2, 0.25) is 5.91 Å². The Bertz CT molecular complexity index is 688. The van der Waals surface area contributed by atoms with Gasteiger partial charge in [-0.15, -0.1) is 0 Å². The fourth-order valence-electron chi connectivity index (χ4n) is 2.54. The zero-order valence-corrected chi connectivity index (χ0v) is 11.2. The van der Waals surface area contributed by atoms with Gasteiger partial charge >= 0.3 is 0 Å². The van der Waals surface area contributed by atoms with Crippen molar-refractivity contribution in [3.05, 3.63) is 65.2 Å². The van der Waals surface area contributed by atoms with Gasteiger partial charge in [0, 0.05) is 6.54 Å². The molecule has 1 aliphatic heterocycles. The molecule has 0 saturated heterocycles. The number of rotatable bonds is 2. The first-order valence-electron chi connectivity index (χ1n) is 6.73. The van der Waals surface area contributed by atoms with Crippen LogP contribution in [0.1, 0.15) is 17.2 Å². The Labute approximate surface area is 121 Å². The van der Waals surface area contributed by atoms with E-state index in [0.29, 0.717) is 6.54 Å². The fourth-order valence-corrected chi connectivity index (χ4v) is 2.54. The molecule has 0 saturated carbocycles. The summed E-state index contributed by atoms with van der Waals surface area (Å²) < 4.78 is 26.8. The van der Waals surface area contributed by atoms with Crippen molar-refractivity contribution in [3.8, 4) is 0 Å². The number of benzene rings is 2. The summed E-state index contributed by atoms with van der Waals surface area (Å²) in [7, 11) is 0. The summed E-state index contributed by atoms with van der Waals surface area (Å²) in [6, 6.07) is 10.8. The smallest absolute Gasteiger partial charge is 0.246 e. The van der Waals surface area contributed by atoms with Gasteiger partial charge in [-0.2, -0.15) is 0 Å². The van der Waals surface area contributed by atoms with E-state index in [1.165, 1.54) is 12.1 Å². The van der Waals surface area contributed by atoms with E-state index in [1.54, 1.807) is 0 Å². The summed E-state index contributed by atoms with van der Waals surface area (Å²) in [5.41, 5.74) is 1.82. The molecule has 0 aromatic heterocycles. The van der Waals surface area contributed by atoms with Crippen LogP contribution in [-0.2, 0) is 11.2 Å². The van der Waals surface area contributed by atoms with Gasteiger partial charge < -0.3 is 10.6 Å². The minimum absolute atomic E-state index is 0.148. The first-order chi connectivity index (χ1) is 10.2. The zero-order valence-electron chi connectivity index (χ0n) is 11.2. The number of nitrogens with one attached hydrogen (secondary N) is 2. The Hall–Kier alpha value is -2.27. The van der Waals surface area contributed by atoms with E-state index in [9.17, 15) is 13.6 Å². The van der Waals surface area contributed by atoms with Gasteiger partial charge in [0.25, 0.3) is 0 Å². The molecule has 108 valence electrons. The van der Waals surface area contributed by atoms with E-state index in [-0.39, 0.29) is 5.69 Å². The van der Waals surface area contributed by atoms with Gasteiger partial charge in [0.15, 0.2) is 11.6 Å². The molecule has 0 bridgehead atoms. The highest BCUT2D eigenvalue weighted by molar-refractivity contribution is 5.96. The van der Waals surface area contributed by atoms with E-state index in [4.69, 9.17) is 0 Å². The molecule has 3 nitrogen and oxygen atoms in total. The van der Waals surface area contributed by atoms with Crippen molar-refractivity contribution < 1.29 is 13.6 Å². The van der Waals surface area contributed by atoms with Crippen molar-refractivity contribution in [1.29, 1.82) is 0 Å². The number of hydrogen-bond donors (Lipinski definition) is 2. The van der Waals surface area contributed by atoms with E-state index in [2.05, 4.69) is 10.6 Å². The van der Waals surface area contributed by atoms with Crippen LogP contribution in [0.2, 0.25) is 0 Å². The maximum Gasteiger partial charge on any atom is 0.246 e. The molecule has 1 heterocycles. The molecule has 1 unspecified atom stereocenters. The largest absolute Gasteiger partial charge is 0.322 e. The average molecular weight is 288 g/mol. The molecule has 1 atom stereocenters. The Balaban J connectivity index is 1.85. The van der Waals surface area contributed by atoms with Gasteiger partial charge in [-0.05, 0) is 29.7 Å². The molecule has 2 aromatic rings. The number of carbonyl (C=O) groups excluding carboxylic acids is 1. The lowest BCUT2D eigenvalue weighted by atomic mass is 9.94. The monoisotopic (exact) mass is 288 g/mol. The summed E-state index contributed by atoms with van der Waals surface area (Å²) in [4.78, 5) is 12.3. The molecule has 21 heavy (non-hydrogen) atoms. The molecule has 1 aliphatic rings. The third kappa shape index (κ3) is 2.64. The lowest BCUT2D eigenvalue weighted by molar-refractivity contribution is -0.118. The normalized spacial score (nSPS) is 17.1. The first-order valence-corrected chi connectivity index (χ1v) is 6.73. The third-order valence-electron chi connectivity index (χ3n) is 3.58. The Morgan fingerprint density at radius 2 is 1.95 bits per heavy atom. The van der Waals surface area contributed by atoms with Crippen LogP contribution in [0.25, 0.3) is 0 Å². The SMILES string of the molecule is O=C(Nc1cccc(F)c1F)C1NCCc2ccccc21. The third-order valence-corrected chi connectivity index (χ3v) is 3.58. The molecule has 0 aliphatic carbocycles. The molecule has 2 aromatic carbocycles. The predicted molar refractivity (Wildman–Crippen MR) is 75.9 cm³/mol. The molecule has 5 heteroatoms. The van der Waals surface area contributed by atoms with Gasteiger partial charge in [-0.25, -0.2) is 8.78 Å². The molecule has 3 rings (SSSR count). The second-order valence-electron chi connectivity index (χ2n) is 4.93. The van der Waals surface area contributed by atoms with Crippen molar-refractivity contribution in [2.24, 2.45) is 0 Å². The minimum atomic E-state index is -1.05. The quantitative estimate of drug-likeness (QED) is 0.892. The lowest BCUT2D eigenvalue weighted by Gasteiger charge is -2.26. The maximum absolute atomic E-state index is 13.6. The highest BCUT2D eigenvalue weighted by Gasteiger charge is 2.26. The van der Waals surface area contributed by atoms with Crippen LogP contribution in [0.5, 0.6) is 0 Å². The second-order valence-corrected chi connectivity index (χ2v) is 4.93. The molecular weight excluding hydrogens is 274 g/mol. The second kappa shape index (κ2) is 5.61. The minimum Gasteiger partial charge on any atom is -0.322 e. The lowest BCUT2D eigenvalue weighted by Crippen LogP contribution is -2.38. The van der Waals surface area contributed by atoms with Gasteiger partial charge in [0.1, 0.15) is 6.04 Å². The van der Waals surface area contributed by atoms with Crippen molar-refractivity contribution >= 4 is 11.6 Å².